The number of hydrogen-bond donors (Lipinski definition) is 1. The minimum atomic E-state index is 0.585. The van der Waals surface area contributed by atoms with Crippen molar-refractivity contribution >= 4 is 11.4 Å². The van der Waals surface area contributed by atoms with E-state index in [9.17, 15) is 0 Å². The summed E-state index contributed by atoms with van der Waals surface area (Å²) in [5, 5.41) is 3.45. The van der Waals surface area contributed by atoms with Crippen molar-refractivity contribution in [3.05, 3.63) is 60.2 Å². The van der Waals surface area contributed by atoms with E-state index in [2.05, 4.69) is 71.7 Å². The molecule has 0 spiro atoms. The molecular weight excluding hydrogens is 244 g/mol. The first kappa shape index (κ1) is 13.2. The SMILES string of the molecule is Cc1ccc(N(c2ccccc2)C2CCNCC2)cc1. The van der Waals surface area contributed by atoms with Gasteiger partial charge in [0.1, 0.15) is 0 Å². The lowest BCUT2D eigenvalue weighted by atomic mass is 10.0. The van der Waals surface area contributed by atoms with Crippen LogP contribution in [-0.4, -0.2) is 19.1 Å². The number of para-hydroxylation sites is 1. The van der Waals surface area contributed by atoms with Crippen LogP contribution in [0.5, 0.6) is 0 Å². The summed E-state index contributed by atoms with van der Waals surface area (Å²) in [5.41, 5.74) is 3.91. The van der Waals surface area contributed by atoms with Crippen molar-refractivity contribution in [2.75, 3.05) is 18.0 Å². The standard InChI is InChI=1S/C18H22N2/c1-15-7-9-17(10-8-15)20(16-5-3-2-4-6-16)18-11-13-19-14-12-18/h2-10,18-19H,11-14H2,1H3. The Labute approximate surface area is 121 Å². The Hall–Kier alpha value is -1.80. The highest BCUT2D eigenvalue weighted by Gasteiger charge is 2.22. The van der Waals surface area contributed by atoms with Crippen LogP contribution in [0.15, 0.2) is 54.6 Å². The summed E-state index contributed by atoms with van der Waals surface area (Å²) in [4.78, 5) is 2.50. The molecule has 2 aromatic carbocycles. The van der Waals surface area contributed by atoms with E-state index in [1.807, 2.05) is 0 Å². The molecule has 1 N–H and O–H groups in total. The largest absolute Gasteiger partial charge is 0.338 e. The van der Waals surface area contributed by atoms with Crippen LogP contribution in [0.1, 0.15) is 18.4 Å². The van der Waals surface area contributed by atoms with E-state index in [1.54, 1.807) is 0 Å². The van der Waals surface area contributed by atoms with Gasteiger partial charge in [-0.1, -0.05) is 35.9 Å². The average molecular weight is 266 g/mol. The number of anilines is 2. The molecule has 1 saturated heterocycles. The van der Waals surface area contributed by atoms with Crippen molar-refractivity contribution in [2.45, 2.75) is 25.8 Å². The fraction of sp³-hybridized carbons (Fsp3) is 0.333. The Morgan fingerprint density at radius 3 is 2.10 bits per heavy atom. The first-order valence-corrected chi connectivity index (χ1v) is 7.46. The summed E-state index contributed by atoms with van der Waals surface area (Å²) in [7, 11) is 0. The highest BCUT2D eigenvalue weighted by molar-refractivity contribution is 5.64. The Bertz CT molecular complexity index is 527. The number of benzene rings is 2. The molecule has 0 bridgehead atoms. The summed E-state index contributed by atoms with van der Waals surface area (Å²) >= 11 is 0. The molecule has 1 heterocycles. The molecule has 2 aromatic rings. The molecule has 2 heteroatoms. The van der Waals surface area contributed by atoms with Crippen LogP contribution < -0.4 is 10.2 Å². The van der Waals surface area contributed by atoms with Gasteiger partial charge in [0.05, 0.1) is 0 Å². The molecule has 0 atom stereocenters. The molecule has 3 rings (SSSR count). The molecule has 0 saturated carbocycles. The van der Waals surface area contributed by atoms with E-state index in [1.165, 1.54) is 29.8 Å². The van der Waals surface area contributed by atoms with Crippen molar-refractivity contribution < 1.29 is 0 Å². The van der Waals surface area contributed by atoms with Crippen molar-refractivity contribution in [2.24, 2.45) is 0 Å². The Kier molecular flexibility index (Phi) is 4.03. The second-order valence-corrected chi connectivity index (χ2v) is 5.52. The van der Waals surface area contributed by atoms with Gasteiger partial charge in [-0.15, -0.1) is 0 Å². The zero-order chi connectivity index (χ0) is 13.8. The number of aryl methyl sites for hydroxylation is 1. The van der Waals surface area contributed by atoms with Crippen LogP contribution in [0.2, 0.25) is 0 Å². The molecule has 20 heavy (non-hydrogen) atoms. The van der Waals surface area contributed by atoms with Gasteiger partial charge in [-0.25, -0.2) is 0 Å². The zero-order valence-corrected chi connectivity index (χ0v) is 12.0. The summed E-state index contributed by atoms with van der Waals surface area (Å²) in [6.45, 7) is 4.36. The predicted molar refractivity (Wildman–Crippen MR) is 85.7 cm³/mol. The molecule has 0 unspecified atom stereocenters. The van der Waals surface area contributed by atoms with Crippen molar-refractivity contribution in [3.8, 4) is 0 Å². The lowest BCUT2D eigenvalue weighted by Crippen LogP contribution is -2.40. The monoisotopic (exact) mass is 266 g/mol. The fourth-order valence-electron chi connectivity index (χ4n) is 2.93. The van der Waals surface area contributed by atoms with Gasteiger partial charge in [0, 0.05) is 17.4 Å². The van der Waals surface area contributed by atoms with Crippen LogP contribution in [0.3, 0.4) is 0 Å². The van der Waals surface area contributed by atoms with E-state index >= 15 is 0 Å². The summed E-state index contributed by atoms with van der Waals surface area (Å²) in [5.74, 6) is 0. The van der Waals surface area contributed by atoms with E-state index in [0.717, 1.165) is 13.1 Å². The molecule has 0 radical (unpaired) electrons. The second kappa shape index (κ2) is 6.10. The van der Waals surface area contributed by atoms with Crippen LogP contribution in [0, 0.1) is 6.92 Å². The molecule has 1 fully saturated rings. The van der Waals surface area contributed by atoms with Crippen molar-refractivity contribution in [1.82, 2.24) is 5.32 Å². The van der Waals surface area contributed by atoms with Gasteiger partial charge in [0.25, 0.3) is 0 Å². The molecule has 0 aliphatic carbocycles. The van der Waals surface area contributed by atoms with E-state index in [0.29, 0.717) is 6.04 Å². The van der Waals surface area contributed by atoms with Gasteiger partial charge in [-0.05, 0) is 57.1 Å². The lowest BCUT2D eigenvalue weighted by molar-refractivity contribution is 0.452. The molecule has 104 valence electrons. The van der Waals surface area contributed by atoms with E-state index in [-0.39, 0.29) is 0 Å². The Balaban J connectivity index is 1.96. The van der Waals surface area contributed by atoms with Crippen LogP contribution >= 0.6 is 0 Å². The third kappa shape index (κ3) is 2.86. The molecular formula is C18H22N2. The maximum Gasteiger partial charge on any atom is 0.0413 e. The maximum absolute atomic E-state index is 3.45. The molecule has 2 nitrogen and oxygen atoms in total. The number of piperidine rings is 1. The first-order chi connectivity index (χ1) is 9.84. The number of nitrogens with one attached hydrogen (secondary N) is 1. The minimum absolute atomic E-state index is 0.585. The van der Waals surface area contributed by atoms with E-state index < -0.39 is 0 Å². The number of nitrogens with zero attached hydrogens (tertiary/aromatic N) is 1. The number of hydrogen-bond acceptors (Lipinski definition) is 2. The average Bonchev–Trinajstić information content (AvgIpc) is 2.52. The second-order valence-electron chi connectivity index (χ2n) is 5.52. The van der Waals surface area contributed by atoms with Gasteiger partial charge in [-0.3, -0.25) is 0 Å². The minimum Gasteiger partial charge on any atom is -0.338 e. The van der Waals surface area contributed by atoms with Gasteiger partial charge in [0.15, 0.2) is 0 Å². The highest BCUT2D eigenvalue weighted by Crippen LogP contribution is 2.30. The van der Waals surface area contributed by atoms with Crippen molar-refractivity contribution in [3.63, 3.8) is 0 Å². The molecule has 0 aromatic heterocycles. The Morgan fingerprint density at radius 2 is 1.45 bits per heavy atom. The van der Waals surface area contributed by atoms with Gasteiger partial charge >= 0.3 is 0 Å². The summed E-state index contributed by atoms with van der Waals surface area (Å²) < 4.78 is 0. The zero-order valence-electron chi connectivity index (χ0n) is 12.0. The van der Waals surface area contributed by atoms with Crippen molar-refractivity contribution in [1.29, 1.82) is 0 Å². The molecule has 0 amide bonds. The predicted octanol–water partition coefficient (Wildman–Crippen LogP) is 3.89. The summed E-state index contributed by atoms with van der Waals surface area (Å²) in [6, 6.07) is 20.2. The van der Waals surface area contributed by atoms with Crippen LogP contribution in [0.25, 0.3) is 0 Å². The fourth-order valence-corrected chi connectivity index (χ4v) is 2.93. The third-order valence-electron chi connectivity index (χ3n) is 4.02. The smallest absolute Gasteiger partial charge is 0.0413 e. The highest BCUT2D eigenvalue weighted by atomic mass is 15.2. The first-order valence-electron chi connectivity index (χ1n) is 7.46. The molecule has 1 aliphatic rings. The normalized spacial score (nSPS) is 16.1. The quantitative estimate of drug-likeness (QED) is 0.907. The lowest BCUT2D eigenvalue weighted by Gasteiger charge is -2.36. The molecule has 1 aliphatic heterocycles. The number of rotatable bonds is 3. The Morgan fingerprint density at radius 1 is 0.850 bits per heavy atom. The van der Waals surface area contributed by atoms with E-state index in [4.69, 9.17) is 0 Å². The third-order valence-corrected chi connectivity index (χ3v) is 4.02. The van der Waals surface area contributed by atoms with Gasteiger partial charge < -0.3 is 10.2 Å². The van der Waals surface area contributed by atoms with Gasteiger partial charge in [0.2, 0.25) is 0 Å². The summed E-state index contributed by atoms with van der Waals surface area (Å²) in [6.07, 6.45) is 2.39. The van der Waals surface area contributed by atoms with Gasteiger partial charge in [-0.2, -0.15) is 0 Å². The van der Waals surface area contributed by atoms with Crippen LogP contribution in [0.4, 0.5) is 11.4 Å². The topological polar surface area (TPSA) is 15.3 Å². The maximum atomic E-state index is 3.45. The van der Waals surface area contributed by atoms with Crippen LogP contribution in [-0.2, 0) is 0 Å².